The molecule has 0 atom stereocenters. The van der Waals surface area contributed by atoms with Crippen LogP contribution in [0.2, 0.25) is 0 Å². The van der Waals surface area contributed by atoms with Crippen molar-refractivity contribution in [2.45, 2.75) is 0 Å². The van der Waals surface area contributed by atoms with Crippen LogP contribution >= 0.6 is 0 Å². The molecule has 0 aliphatic rings. The Balaban J connectivity index is 0.000000147. The molecule has 0 fully saturated rings. The molecule has 20 rings (SSSR count). The van der Waals surface area contributed by atoms with Crippen molar-refractivity contribution < 1.29 is 0 Å². The van der Waals surface area contributed by atoms with Crippen LogP contribution in [0.4, 0.5) is 0 Å². The number of benzene rings is 16. The summed E-state index contributed by atoms with van der Waals surface area (Å²) in [6.07, 6.45) is 7.58. The van der Waals surface area contributed by atoms with Crippen molar-refractivity contribution in [3.8, 4) is 135 Å². The van der Waals surface area contributed by atoms with Crippen molar-refractivity contribution in [1.82, 2.24) is 29.9 Å². The maximum atomic E-state index is 5.45. The van der Waals surface area contributed by atoms with Gasteiger partial charge in [-0.2, -0.15) is 0 Å². The second-order valence-electron chi connectivity index (χ2n) is 27.3. The molecule has 504 valence electrons. The molecule has 0 unspecified atom stereocenters. The van der Waals surface area contributed by atoms with Crippen LogP contribution < -0.4 is 0 Å². The van der Waals surface area contributed by atoms with Crippen LogP contribution in [0.5, 0.6) is 0 Å². The lowest BCUT2D eigenvalue weighted by atomic mass is 9.88. The van der Waals surface area contributed by atoms with Gasteiger partial charge in [-0.1, -0.05) is 322 Å². The highest BCUT2D eigenvalue weighted by Gasteiger charge is 2.22. The first-order valence-electron chi connectivity index (χ1n) is 36.5. The molecule has 0 aliphatic heterocycles. The minimum absolute atomic E-state index is 0.683. The largest absolute Gasteiger partial charge is 0.264 e. The highest BCUT2D eigenvalue weighted by atomic mass is 14.9. The molecule has 0 aliphatic carbocycles. The van der Waals surface area contributed by atoms with Crippen LogP contribution in [0.15, 0.2) is 401 Å². The molecule has 0 saturated carbocycles. The van der Waals surface area contributed by atoms with Gasteiger partial charge in [0.05, 0.1) is 22.8 Å². The SMILES string of the molecule is c1cc(-c2ccc3ccccc3c2)cc(-c2cc(-c3ccc(-c4cncc5ccccc45)cc3)nc(-c3cccc(-c4cccc5ccccc45)c3)n2)c1.c1ccc(-c2c3ccccc3c(-c3nc(-c4cccc(-c5cccnc5)c4)cc(-c4cccc(-c5ccc6ccccc6c5)c4)n3)c3ccccc23)cc1. The number of rotatable bonds is 12. The van der Waals surface area contributed by atoms with E-state index in [1.54, 1.807) is 6.20 Å². The predicted molar refractivity (Wildman–Crippen MR) is 450 cm³/mol. The minimum Gasteiger partial charge on any atom is -0.264 e. The van der Waals surface area contributed by atoms with Gasteiger partial charge in [-0.05, 0) is 169 Å². The normalized spacial score (nSPS) is 11.3. The van der Waals surface area contributed by atoms with E-state index in [1.807, 2.05) is 24.7 Å². The summed E-state index contributed by atoms with van der Waals surface area (Å²) in [5.74, 6) is 1.38. The van der Waals surface area contributed by atoms with Gasteiger partial charge >= 0.3 is 0 Å². The summed E-state index contributed by atoms with van der Waals surface area (Å²) < 4.78 is 0. The van der Waals surface area contributed by atoms with Crippen LogP contribution in [0.3, 0.4) is 0 Å². The lowest BCUT2D eigenvalue weighted by Crippen LogP contribution is -1.99. The third-order valence-corrected chi connectivity index (χ3v) is 20.7. The molecule has 0 bridgehead atoms. The number of hydrogen-bond donors (Lipinski definition) is 0. The van der Waals surface area contributed by atoms with E-state index in [9.17, 15) is 0 Å². The lowest BCUT2D eigenvalue weighted by molar-refractivity contribution is 1.18. The first-order valence-corrected chi connectivity index (χ1v) is 36.5. The summed E-state index contributed by atoms with van der Waals surface area (Å²) in [6.45, 7) is 0. The summed E-state index contributed by atoms with van der Waals surface area (Å²) in [5, 5.41) is 14.2. The lowest BCUT2D eigenvalue weighted by Gasteiger charge is -2.18. The van der Waals surface area contributed by atoms with Crippen molar-refractivity contribution in [3.05, 3.63) is 401 Å². The molecular weight excluding hydrogens is 1310 g/mol. The Bertz CT molecular complexity index is 6740. The molecule has 20 aromatic rings. The molecule has 0 N–H and O–H groups in total. The van der Waals surface area contributed by atoms with E-state index >= 15 is 0 Å². The van der Waals surface area contributed by atoms with E-state index in [-0.39, 0.29) is 0 Å². The quantitative estimate of drug-likeness (QED) is 0.113. The summed E-state index contributed by atoms with van der Waals surface area (Å²) in [7, 11) is 0. The van der Waals surface area contributed by atoms with E-state index < -0.39 is 0 Å². The smallest absolute Gasteiger partial charge is 0.161 e. The van der Waals surface area contributed by atoms with Gasteiger partial charge in [-0.25, -0.2) is 19.9 Å². The van der Waals surface area contributed by atoms with E-state index in [1.165, 1.54) is 76.3 Å². The summed E-state index contributed by atoms with van der Waals surface area (Å²) in [6, 6.07) is 133. The van der Waals surface area contributed by atoms with E-state index in [2.05, 4.69) is 380 Å². The van der Waals surface area contributed by atoms with Gasteiger partial charge in [-0.15, -0.1) is 0 Å². The van der Waals surface area contributed by atoms with Crippen LogP contribution in [0.25, 0.3) is 199 Å². The van der Waals surface area contributed by atoms with Crippen LogP contribution in [0.1, 0.15) is 0 Å². The molecule has 6 nitrogen and oxygen atoms in total. The Morgan fingerprint density at radius 1 is 0.157 bits per heavy atom. The van der Waals surface area contributed by atoms with Crippen LogP contribution in [-0.2, 0) is 0 Å². The predicted octanol–water partition coefficient (Wildman–Crippen LogP) is 26.7. The third kappa shape index (κ3) is 12.7. The first-order chi connectivity index (χ1) is 53.5. The molecule has 108 heavy (non-hydrogen) atoms. The molecule has 0 spiro atoms. The van der Waals surface area contributed by atoms with Gasteiger partial charge in [0.15, 0.2) is 11.6 Å². The zero-order chi connectivity index (χ0) is 71.7. The fourth-order valence-corrected chi connectivity index (χ4v) is 15.3. The Labute approximate surface area is 626 Å². The number of aromatic nitrogens is 6. The maximum Gasteiger partial charge on any atom is 0.161 e. The Kier molecular flexibility index (Phi) is 16.9. The van der Waals surface area contributed by atoms with Gasteiger partial charge in [0.2, 0.25) is 0 Å². The second kappa shape index (κ2) is 28.3. The summed E-state index contributed by atoms with van der Waals surface area (Å²) >= 11 is 0. The maximum absolute atomic E-state index is 5.45. The molecule has 0 amide bonds. The number of pyridine rings is 2. The zero-order valence-corrected chi connectivity index (χ0v) is 58.8. The Morgan fingerprint density at radius 2 is 0.537 bits per heavy atom. The third-order valence-electron chi connectivity index (χ3n) is 20.7. The van der Waals surface area contributed by atoms with E-state index in [0.29, 0.717) is 11.6 Å². The van der Waals surface area contributed by atoms with Gasteiger partial charge in [-0.3, -0.25) is 9.97 Å². The van der Waals surface area contributed by atoms with Crippen molar-refractivity contribution in [3.63, 3.8) is 0 Å². The molecule has 4 heterocycles. The minimum atomic E-state index is 0.683. The highest BCUT2D eigenvalue weighted by molar-refractivity contribution is 6.21. The number of fused-ring (bicyclic) bond motifs is 6. The molecule has 0 saturated heterocycles. The summed E-state index contributed by atoms with van der Waals surface area (Å²) in [4.78, 5) is 30.3. The topological polar surface area (TPSA) is 77.3 Å². The average Bonchev–Trinajstić information content (AvgIpc) is 0.729. The van der Waals surface area contributed by atoms with E-state index in [0.717, 1.165) is 111 Å². The van der Waals surface area contributed by atoms with Crippen LogP contribution in [0, 0.1) is 0 Å². The van der Waals surface area contributed by atoms with Gasteiger partial charge in [0.25, 0.3) is 0 Å². The molecule has 0 radical (unpaired) electrons. The second-order valence-corrected chi connectivity index (χ2v) is 27.3. The Morgan fingerprint density at radius 3 is 1.10 bits per heavy atom. The van der Waals surface area contributed by atoms with Gasteiger partial charge in [0, 0.05) is 74.7 Å². The average molecular weight is 1380 g/mol. The highest BCUT2D eigenvalue weighted by Crippen LogP contribution is 2.45. The zero-order valence-electron chi connectivity index (χ0n) is 58.8. The van der Waals surface area contributed by atoms with Crippen molar-refractivity contribution >= 4 is 64.6 Å². The van der Waals surface area contributed by atoms with Crippen molar-refractivity contribution in [2.24, 2.45) is 0 Å². The first kappa shape index (κ1) is 64.4. The van der Waals surface area contributed by atoms with Crippen molar-refractivity contribution in [1.29, 1.82) is 0 Å². The number of hydrogen-bond acceptors (Lipinski definition) is 6. The Hall–Kier alpha value is -14.5. The molecule has 16 aromatic carbocycles. The molecular formula is C102H66N6. The van der Waals surface area contributed by atoms with E-state index in [4.69, 9.17) is 19.9 Å². The number of nitrogens with zero attached hydrogens (tertiary/aromatic N) is 6. The standard InChI is InChI=1S/2C51H33N3/c1-2-12-38-28-40(27-22-34(38)10-1)39-15-7-17-42(29-39)50-31-49(37-25-23-36(24-26-37)48-33-52-32-44-13-4-6-20-47(44)48)53-51(54-50)43-18-8-16-41(30-43)46-21-9-14-35-11-3-5-19-45(35)46;1-2-14-35(15-3-1)49-43-22-6-8-24-45(43)50(46-25-9-7-23-44(46)49)51-53-47(32-48(54-51)41-20-11-18-38(31-41)42-21-12-28-52-33-42)40-19-10-17-37(30-40)39-27-26-34-13-4-5-16-36(34)29-39/h2*1-33H. The van der Waals surface area contributed by atoms with Crippen LogP contribution in [-0.4, -0.2) is 29.9 Å². The molecule has 6 heteroatoms. The van der Waals surface area contributed by atoms with Crippen molar-refractivity contribution in [2.75, 3.05) is 0 Å². The van der Waals surface area contributed by atoms with Gasteiger partial charge in [0.1, 0.15) is 0 Å². The monoisotopic (exact) mass is 1370 g/mol. The molecule has 4 aromatic heterocycles. The van der Waals surface area contributed by atoms with Gasteiger partial charge < -0.3 is 0 Å². The fraction of sp³-hybridized carbons (Fsp3) is 0. The summed E-state index contributed by atoms with van der Waals surface area (Å²) in [5.41, 5.74) is 23.3. The fourth-order valence-electron chi connectivity index (χ4n) is 15.3.